The van der Waals surface area contributed by atoms with Crippen LogP contribution >= 0.6 is 0 Å². The molecular formula is C22H26FNO6. The second-order valence-corrected chi connectivity index (χ2v) is 6.12. The number of esters is 1. The number of halogens is 1. The molecule has 1 N–H and O–H groups in total. The van der Waals surface area contributed by atoms with Crippen molar-refractivity contribution < 1.29 is 32.9 Å². The predicted molar refractivity (Wildman–Crippen MR) is 110 cm³/mol. The van der Waals surface area contributed by atoms with Crippen molar-refractivity contribution in [2.75, 3.05) is 25.1 Å². The summed E-state index contributed by atoms with van der Waals surface area (Å²) in [4.78, 5) is 24.9. The molecule has 0 radical (unpaired) electrons. The first kappa shape index (κ1) is 23.0. The molecule has 0 bridgehead atoms. The van der Waals surface area contributed by atoms with Gasteiger partial charge in [0.25, 0.3) is 5.91 Å². The maximum atomic E-state index is 13.7. The van der Waals surface area contributed by atoms with Gasteiger partial charge in [-0.1, -0.05) is 12.1 Å². The van der Waals surface area contributed by atoms with Gasteiger partial charge < -0.3 is 24.3 Å². The minimum Gasteiger partial charge on any atom is -0.490 e. The molecule has 0 aromatic heterocycles. The van der Waals surface area contributed by atoms with Crippen LogP contribution in [-0.2, 0) is 9.53 Å². The molecule has 2 aromatic carbocycles. The number of nitrogens with one attached hydrogen (secondary N) is 1. The monoisotopic (exact) mass is 419 g/mol. The SMILES string of the molecule is CCOc1cc(C(=O)O[C@H](C)C(=O)Nc2ccccc2F)cc(OCC)c1OCC. The number of amides is 1. The Balaban J connectivity index is 2.20. The number of anilines is 1. The summed E-state index contributed by atoms with van der Waals surface area (Å²) in [6.07, 6.45) is -1.16. The number of hydrogen-bond donors (Lipinski definition) is 1. The molecule has 0 saturated heterocycles. The number of carbonyl (C=O) groups excluding carboxylic acids is 2. The van der Waals surface area contributed by atoms with E-state index in [2.05, 4.69) is 5.32 Å². The Morgan fingerprint density at radius 2 is 1.53 bits per heavy atom. The largest absolute Gasteiger partial charge is 0.490 e. The number of benzene rings is 2. The Morgan fingerprint density at radius 1 is 0.967 bits per heavy atom. The average Bonchev–Trinajstić information content (AvgIpc) is 2.72. The summed E-state index contributed by atoms with van der Waals surface area (Å²) in [5.74, 6) is -0.936. The van der Waals surface area contributed by atoms with E-state index in [4.69, 9.17) is 18.9 Å². The lowest BCUT2D eigenvalue weighted by Gasteiger charge is -2.18. The third-order valence-electron chi connectivity index (χ3n) is 3.93. The van der Waals surface area contributed by atoms with E-state index >= 15 is 0 Å². The zero-order chi connectivity index (χ0) is 22.1. The van der Waals surface area contributed by atoms with E-state index in [1.165, 1.54) is 37.3 Å². The Bertz CT molecular complexity index is 859. The Labute approximate surface area is 175 Å². The normalized spacial score (nSPS) is 11.4. The molecular weight excluding hydrogens is 393 g/mol. The number of rotatable bonds is 10. The van der Waals surface area contributed by atoms with Gasteiger partial charge in [0.2, 0.25) is 5.75 Å². The van der Waals surface area contributed by atoms with Gasteiger partial charge in [-0.2, -0.15) is 0 Å². The van der Waals surface area contributed by atoms with E-state index in [1.807, 2.05) is 6.92 Å². The van der Waals surface area contributed by atoms with Crippen molar-refractivity contribution in [2.24, 2.45) is 0 Å². The molecule has 0 aliphatic heterocycles. The molecule has 0 saturated carbocycles. The van der Waals surface area contributed by atoms with Crippen LogP contribution in [0.5, 0.6) is 17.2 Å². The van der Waals surface area contributed by atoms with Crippen molar-refractivity contribution >= 4 is 17.6 Å². The highest BCUT2D eigenvalue weighted by Gasteiger charge is 2.23. The molecule has 162 valence electrons. The highest BCUT2D eigenvalue weighted by atomic mass is 19.1. The zero-order valence-corrected chi connectivity index (χ0v) is 17.5. The fourth-order valence-electron chi connectivity index (χ4n) is 2.59. The van der Waals surface area contributed by atoms with E-state index in [0.29, 0.717) is 37.1 Å². The Hall–Kier alpha value is -3.29. The highest BCUT2D eigenvalue weighted by molar-refractivity contribution is 5.97. The minimum atomic E-state index is -1.16. The summed E-state index contributed by atoms with van der Waals surface area (Å²) in [7, 11) is 0. The van der Waals surface area contributed by atoms with Crippen LogP contribution in [-0.4, -0.2) is 37.8 Å². The molecule has 0 aliphatic carbocycles. The molecule has 0 aliphatic rings. The summed E-state index contributed by atoms with van der Waals surface area (Å²) >= 11 is 0. The molecule has 0 fully saturated rings. The maximum Gasteiger partial charge on any atom is 0.339 e. The fraction of sp³-hybridized carbons (Fsp3) is 0.364. The maximum absolute atomic E-state index is 13.7. The lowest BCUT2D eigenvalue weighted by molar-refractivity contribution is -0.123. The first-order valence-electron chi connectivity index (χ1n) is 9.73. The molecule has 0 heterocycles. The van der Waals surface area contributed by atoms with Crippen LogP contribution in [0.3, 0.4) is 0 Å². The first-order valence-corrected chi connectivity index (χ1v) is 9.73. The molecule has 7 nitrogen and oxygen atoms in total. The first-order chi connectivity index (χ1) is 14.4. The standard InChI is InChI=1S/C22H26FNO6/c1-5-27-18-12-15(13-19(28-6-2)20(18)29-7-3)22(26)30-14(4)21(25)24-17-11-9-8-10-16(17)23/h8-14H,5-7H2,1-4H3,(H,24,25)/t14-/m1/s1. The summed E-state index contributed by atoms with van der Waals surface area (Å²) in [5, 5.41) is 2.40. The minimum absolute atomic E-state index is 0.00345. The number of carbonyl (C=O) groups is 2. The zero-order valence-electron chi connectivity index (χ0n) is 17.5. The van der Waals surface area contributed by atoms with Crippen LogP contribution in [0.2, 0.25) is 0 Å². The van der Waals surface area contributed by atoms with Crippen LogP contribution < -0.4 is 19.5 Å². The van der Waals surface area contributed by atoms with Crippen LogP contribution in [0.25, 0.3) is 0 Å². The van der Waals surface area contributed by atoms with Gasteiger partial charge >= 0.3 is 5.97 Å². The molecule has 0 spiro atoms. The van der Waals surface area contributed by atoms with E-state index in [-0.39, 0.29) is 11.3 Å². The van der Waals surface area contributed by atoms with E-state index in [0.717, 1.165) is 0 Å². The van der Waals surface area contributed by atoms with Gasteiger partial charge in [0, 0.05) is 0 Å². The van der Waals surface area contributed by atoms with Gasteiger partial charge in [-0.15, -0.1) is 0 Å². The quantitative estimate of drug-likeness (QED) is 0.581. The molecule has 2 aromatic rings. The van der Waals surface area contributed by atoms with Crippen molar-refractivity contribution in [3.05, 3.63) is 47.8 Å². The van der Waals surface area contributed by atoms with Gasteiger partial charge in [0.1, 0.15) is 5.82 Å². The highest BCUT2D eigenvalue weighted by Crippen LogP contribution is 2.39. The predicted octanol–water partition coefficient (Wildman–Crippen LogP) is 4.21. The third kappa shape index (κ3) is 5.85. The topological polar surface area (TPSA) is 83.1 Å². The van der Waals surface area contributed by atoms with Crippen LogP contribution in [0.15, 0.2) is 36.4 Å². The van der Waals surface area contributed by atoms with E-state index < -0.39 is 23.8 Å². The fourth-order valence-corrected chi connectivity index (χ4v) is 2.59. The van der Waals surface area contributed by atoms with Crippen LogP contribution in [0.4, 0.5) is 10.1 Å². The molecule has 1 amide bonds. The van der Waals surface area contributed by atoms with Gasteiger partial charge in [-0.25, -0.2) is 9.18 Å². The second-order valence-electron chi connectivity index (χ2n) is 6.12. The number of ether oxygens (including phenoxy) is 4. The lowest BCUT2D eigenvalue weighted by atomic mass is 10.1. The van der Waals surface area contributed by atoms with Crippen LogP contribution in [0, 0.1) is 5.82 Å². The third-order valence-corrected chi connectivity index (χ3v) is 3.93. The van der Waals surface area contributed by atoms with Crippen molar-refractivity contribution in [1.82, 2.24) is 0 Å². The average molecular weight is 419 g/mol. The van der Waals surface area contributed by atoms with Crippen molar-refractivity contribution in [1.29, 1.82) is 0 Å². The van der Waals surface area contributed by atoms with Gasteiger partial charge in [-0.3, -0.25) is 4.79 Å². The van der Waals surface area contributed by atoms with Crippen LogP contribution in [0.1, 0.15) is 38.1 Å². The number of hydrogen-bond acceptors (Lipinski definition) is 6. The summed E-state index contributed by atoms with van der Waals surface area (Å²) in [6.45, 7) is 7.92. The number of para-hydroxylation sites is 1. The summed E-state index contributed by atoms with van der Waals surface area (Å²) < 4.78 is 35.7. The Kier molecular flexibility index (Phi) is 8.46. The molecule has 8 heteroatoms. The van der Waals surface area contributed by atoms with Crippen molar-refractivity contribution in [3.8, 4) is 17.2 Å². The van der Waals surface area contributed by atoms with Gasteiger partial charge in [-0.05, 0) is 52.0 Å². The van der Waals surface area contributed by atoms with Gasteiger partial charge in [0.15, 0.2) is 17.6 Å². The summed E-state index contributed by atoms with van der Waals surface area (Å²) in [6, 6.07) is 8.67. The smallest absolute Gasteiger partial charge is 0.339 e. The van der Waals surface area contributed by atoms with E-state index in [1.54, 1.807) is 19.9 Å². The lowest BCUT2D eigenvalue weighted by Crippen LogP contribution is -2.30. The molecule has 2 rings (SSSR count). The Morgan fingerprint density at radius 3 is 2.07 bits per heavy atom. The van der Waals surface area contributed by atoms with Crippen molar-refractivity contribution in [2.45, 2.75) is 33.8 Å². The second kappa shape index (κ2) is 11.0. The van der Waals surface area contributed by atoms with Crippen molar-refractivity contribution in [3.63, 3.8) is 0 Å². The molecule has 1 atom stereocenters. The van der Waals surface area contributed by atoms with Gasteiger partial charge in [0.05, 0.1) is 31.1 Å². The molecule has 0 unspecified atom stereocenters. The summed E-state index contributed by atoms with van der Waals surface area (Å²) in [5.41, 5.74) is 0.139. The molecule has 30 heavy (non-hydrogen) atoms. The van der Waals surface area contributed by atoms with E-state index in [9.17, 15) is 14.0 Å².